The van der Waals surface area contributed by atoms with Crippen LogP contribution in [0.3, 0.4) is 0 Å². The van der Waals surface area contributed by atoms with Crippen molar-refractivity contribution in [3.8, 4) is 0 Å². The smallest absolute Gasteiger partial charge is 0.135 e. The van der Waals surface area contributed by atoms with Crippen molar-refractivity contribution < 1.29 is 21.9 Å². The van der Waals surface area contributed by atoms with E-state index in [2.05, 4.69) is 0 Å². The summed E-state index contributed by atoms with van der Waals surface area (Å²) in [5.41, 5.74) is -0.139. The summed E-state index contributed by atoms with van der Waals surface area (Å²) in [6, 6.07) is 0. The molecule has 0 heterocycles. The normalized spacial score (nSPS) is 10.0. The number of carbonyl (C=O) groups is 1. The zero-order chi connectivity index (χ0) is 6.08. The molecule has 0 aliphatic carbocycles. The van der Waals surface area contributed by atoms with Crippen LogP contribution in [-0.2, 0) is 21.9 Å². The first-order valence-electron chi connectivity index (χ1n) is 2.45. The van der Waals surface area contributed by atoms with Crippen molar-refractivity contribution in [3.63, 3.8) is 0 Å². The zero-order valence-corrected chi connectivity index (χ0v) is 6.65. The van der Waals surface area contributed by atoms with Crippen LogP contribution in [0.2, 0.25) is 0 Å². The molecule has 0 saturated carbocycles. The molecule has 0 aromatic carbocycles. The molecule has 0 spiro atoms. The maximum atomic E-state index is 10.5. The van der Waals surface area contributed by atoms with E-state index in [9.17, 15) is 4.79 Å². The van der Waals surface area contributed by atoms with Gasteiger partial charge in [0, 0.05) is 22.5 Å². The largest absolute Gasteiger partial charge is 0.299 e. The second-order valence-corrected chi connectivity index (χ2v) is 2.81. The van der Waals surface area contributed by atoms with E-state index in [1.807, 2.05) is 20.8 Å². The molecule has 0 bridgehead atoms. The fourth-order valence-electron chi connectivity index (χ4n) is 0. The fraction of sp³-hybridized carbons (Fsp3) is 0.833. The molecule has 0 aromatic rings. The maximum absolute atomic E-state index is 10.5. The Hall–Kier alpha value is 0.189. The Kier molecular flexibility index (Phi) is 4.50. The average Bonchev–Trinajstić information content (AvgIpc) is 1.31. The SMILES string of the molecule is CC(=O)C(C)(C)C.[Cu]. The van der Waals surface area contributed by atoms with Crippen LogP contribution in [0.25, 0.3) is 0 Å². The van der Waals surface area contributed by atoms with E-state index in [-0.39, 0.29) is 28.3 Å². The Morgan fingerprint density at radius 3 is 1.38 bits per heavy atom. The van der Waals surface area contributed by atoms with Crippen molar-refractivity contribution in [1.82, 2.24) is 0 Å². The van der Waals surface area contributed by atoms with Gasteiger partial charge in [0.2, 0.25) is 0 Å². The molecule has 8 heavy (non-hydrogen) atoms. The van der Waals surface area contributed by atoms with E-state index in [1.165, 1.54) is 0 Å². The van der Waals surface area contributed by atoms with E-state index in [0.717, 1.165) is 0 Å². The van der Waals surface area contributed by atoms with Gasteiger partial charge in [-0.3, -0.25) is 4.79 Å². The molecule has 0 saturated heterocycles. The summed E-state index contributed by atoms with van der Waals surface area (Å²) in [4.78, 5) is 10.5. The van der Waals surface area contributed by atoms with Gasteiger partial charge in [0.1, 0.15) is 5.78 Å². The molecule has 0 unspecified atom stereocenters. The topological polar surface area (TPSA) is 17.1 Å². The molecule has 0 aliphatic heterocycles. The Bertz CT molecular complexity index is 81.0. The van der Waals surface area contributed by atoms with E-state index >= 15 is 0 Å². The molecular weight excluding hydrogens is 152 g/mol. The van der Waals surface area contributed by atoms with Gasteiger partial charge in [-0.25, -0.2) is 0 Å². The van der Waals surface area contributed by atoms with Crippen LogP contribution >= 0.6 is 0 Å². The van der Waals surface area contributed by atoms with Crippen LogP contribution in [0.4, 0.5) is 0 Å². The van der Waals surface area contributed by atoms with Gasteiger partial charge in [0.15, 0.2) is 0 Å². The van der Waals surface area contributed by atoms with Gasteiger partial charge in [0.05, 0.1) is 0 Å². The third kappa shape index (κ3) is 4.35. The molecule has 2 heteroatoms. The molecule has 0 aromatic heterocycles. The van der Waals surface area contributed by atoms with Crippen LogP contribution in [-0.4, -0.2) is 5.78 Å². The number of rotatable bonds is 0. The minimum atomic E-state index is -0.139. The van der Waals surface area contributed by atoms with Crippen LogP contribution in [0.5, 0.6) is 0 Å². The Labute approximate surface area is 61.3 Å². The van der Waals surface area contributed by atoms with E-state index in [4.69, 9.17) is 0 Å². The fourth-order valence-corrected chi connectivity index (χ4v) is 0. The van der Waals surface area contributed by atoms with Crippen molar-refractivity contribution in [2.75, 3.05) is 0 Å². The maximum Gasteiger partial charge on any atom is 0.135 e. The predicted octanol–water partition coefficient (Wildman–Crippen LogP) is 1.62. The molecule has 0 amide bonds. The molecule has 0 atom stereocenters. The van der Waals surface area contributed by atoms with E-state index < -0.39 is 0 Å². The molecule has 0 aliphatic rings. The molecule has 1 nitrogen and oxygen atoms in total. The second kappa shape index (κ2) is 3.26. The summed E-state index contributed by atoms with van der Waals surface area (Å²) in [7, 11) is 0. The van der Waals surface area contributed by atoms with Crippen molar-refractivity contribution in [2.24, 2.45) is 5.41 Å². The summed E-state index contributed by atoms with van der Waals surface area (Å²) < 4.78 is 0. The third-order valence-electron chi connectivity index (χ3n) is 1.06. The molecule has 1 radical (unpaired) electrons. The Balaban J connectivity index is 0. The monoisotopic (exact) mass is 163 g/mol. The van der Waals surface area contributed by atoms with Crippen molar-refractivity contribution >= 4 is 5.78 Å². The second-order valence-electron chi connectivity index (χ2n) is 2.81. The van der Waals surface area contributed by atoms with Gasteiger partial charge in [-0.05, 0) is 6.92 Å². The van der Waals surface area contributed by atoms with Gasteiger partial charge in [0.25, 0.3) is 0 Å². The van der Waals surface area contributed by atoms with Crippen molar-refractivity contribution in [2.45, 2.75) is 27.7 Å². The number of Topliss-reactive ketones (excluding diaryl/α,β-unsaturated/α-hetero) is 1. The molecule has 0 rings (SSSR count). The van der Waals surface area contributed by atoms with Crippen LogP contribution in [0, 0.1) is 5.41 Å². The standard InChI is InChI=1S/C6H12O.Cu/c1-5(7)6(2,3)4;/h1-4H3;. The van der Waals surface area contributed by atoms with Gasteiger partial charge < -0.3 is 0 Å². The molecular formula is C6H12CuO. The van der Waals surface area contributed by atoms with Crippen molar-refractivity contribution in [3.05, 3.63) is 0 Å². The Morgan fingerprint density at radius 2 is 1.38 bits per heavy atom. The first-order valence-corrected chi connectivity index (χ1v) is 2.45. The quantitative estimate of drug-likeness (QED) is 0.496. The van der Waals surface area contributed by atoms with Crippen molar-refractivity contribution in [1.29, 1.82) is 0 Å². The minimum absolute atomic E-state index is 0. The van der Waals surface area contributed by atoms with Gasteiger partial charge in [-0.2, -0.15) is 0 Å². The first-order chi connectivity index (χ1) is 2.94. The number of hydrogen-bond donors (Lipinski definition) is 0. The third-order valence-corrected chi connectivity index (χ3v) is 1.06. The average molecular weight is 164 g/mol. The van der Waals surface area contributed by atoms with Crippen LogP contribution in [0.15, 0.2) is 0 Å². The summed E-state index contributed by atoms with van der Waals surface area (Å²) in [5.74, 6) is 0.243. The molecule has 53 valence electrons. The minimum Gasteiger partial charge on any atom is -0.299 e. The number of ketones is 1. The summed E-state index contributed by atoms with van der Waals surface area (Å²) in [5, 5.41) is 0. The summed E-state index contributed by atoms with van der Waals surface area (Å²) in [6.45, 7) is 7.35. The van der Waals surface area contributed by atoms with Crippen LogP contribution in [0.1, 0.15) is 27.7 Å². The molecule has 0 N–H and O–H groups in total. The predicted molar refractivity (Wildman–Crippen MR) is 30.1 cm³/mol. The Morgan fingerprint density at radius 1 is 1.25 bits per heavy atom. The number of hydrogen-bond acceptors (Lipinski definition) is 1. The van der Waals surface area contributed by atoms with E-state index in [1.54, 1.807) is 6.92 Å². The van der Waals surface area contributed by atoms with Gasteiger partial charge in [-0.15, -0.1) is 0 Å². The van der Waals surface area contributed by atoms with Gasteiger partial charge >= 0.3 is 0 Å². The summed E-state index contributed by atoms with van der Waals surface area (Å²) >= 11 is 0. The molecule has 0 fully saturated rings. The number of carbonyl (C=O) groups excluding carboxylic acids is 1. The van der Waals surface area contributed by atoms with Crippen LogP contribution < -0.4 is 0 Å². The van der Waals surface area contributed by atoms with Gasteiger partial charge in [-0.1, -0.05) is 20.8 Å². The summed E-state index contributed by atoms with van der Waals surface area (Å²) in [6.07, 6.45) is 0. The zero-order valence-electron chi connectivity index (χ0n) is 5.71. The van der Waals surface area contributed by atoms with E-state index in [0.29, 0.717) is 0 Å². The first kappa shape index (κ1) is 11.0.